The maximum atomic E-state index is 5.40. The first-order valence-electron chi connectivity index (χ1n) is 5.92. The van der Waals surface area contributed by atoms with Crippen molar-refractivity contribution in [1.29, 1.82) is 0 Å². The smallest absolute Gasteiger partial charge is 0.0616 e. The van der Waals surface area contributed by atoms with Crippen molar-refractivity contribution in [2.24, 2.45) is 0 Å². The van der Waals surface area contributed by atoms with Crippen LogP contribution in [0.3, 0.4) is 0 Å². The molecule has 0 saturated heterocycles. The molecule has 0 bridgehead atoms. The highest BCUT2D eigenvalue weighted by Gasteiger charge is 2.37. The molecule has 1 aromatic rings. The second-order valence-electron chi connectivity index (χ2n) is 4.90. The first-order valence-corrected chi connectivity index (χ1v) is 5.92. The minimum Gasteiger partial charge on any atom is -0.383 e. The second-order valence-corrected chi connectivity index (χ2v) is 4.90. The zero-order valence-electron chi connectivity index (χ0n) is 11.0. The Morgan fingerprint density at radius 3 is 2.29 bits per heavy atom. The summed E-state index contributed by atoms with van der Waals surface area (Å²) in [6.07, 6.45) is 2.28. The van der Waals surface area contributed by atoms with Gasteiger partial charge >= 0.3 is 0 Å². The van der Waals surface area contributed by atoms with E-state index in [0.29, 0.717) is 13.2 Å². The lowest BCUT2D eigenvalue weighted by Gasteiger charge is -2.27. The summed E-state index contributed by atoms with van der Waals surface area (Å²) in [5, 5.41) is 0. The van der Waals surface area contributed by atoms with Gasteiger partial charge in [0.1, 0.15) is 0 Å². The number of hydrogen-bond acceptors (Lipinski definition) is 2. The summed E-state index contributed by atoms with van der Waals surface area (Å²) in [7, 11) is 3.49. The molecule has 0 unspecified atom stereocenters. The van der Waals surface area contributed by atoms with E-state index in [-0.39, 0.29) is 5.41 Å². The van der Waals surface area contributed by atoms with E-state index in [4.69, 9.17) is 9.47 Å². The van der Waals surface area contributed by atoms with Crippen LogP contribution in [0.25, 0.3) is 5.57 Å². The summed E-state index contributed by atoms with van der Waals surface area (Å²) < 4.78 is 10.8. The van der Waals surface area contributed by atoms with E-state index in [2.05, 4.69) is 38.1 Å². The quantitative estimate of drug-likeness (QED) is 0.794. The number of methoxy groups -OCH3 is 2. The summed E-state index contributed by atoms with van der Waals surface area (Å²) in [4.78, 5) is 0. The summed E-state index contributed by atoms with van der Waals surface area (Å²) >= 11 is 0. The molecular formula is C15H20O2. The van der Waals surface area contributed by atoms with Gasteiger partial charge in [0.25, 0.3) is 0 Å². The number of hydrogen-bond donors (Lipinski definition) is 0. The zero-order chi connectivity index (χ0) is 12.5. The summed E-state index contributed by atoms with van der Waals surface area (Å²) in [5.41, 5.74) is 5.13. The highest BCUT2D eigenvalue weighted by Crippen LogP contribution is 2.41. The third-order valence-corrected chi connectivity index (χ3v) is 3.43. The van der Waals surface area contributed by atoms with Crippen LogP contribution in [0.1, 0.15) is 23.6 Å². The normalized spacial score (nSPS) is 16.8. The summed E-state index contributed by atoms with van der Waals surface area (Å²) in [5.74, 6) is 0. The molecular weight excluding hydrogens is 212 g/mol. The Kier molecular flexibility index (Phi) is 3.36. The van der Waals surface area contributed by atoms with Crippen molar-refractivity contribution in [3.05, 3.63) is 41.0 Å². The predicted octanol–water partition coefficient (Wildman–Crippen LogP) is 2.94. The number of fused-ring (bicyclic) bond motifs is 1. The van der Waals surface area contributed by atoms with E-state index < -0.39 is 0 Å². The van der Waals surface area contributed by atoms with Gasteiger partial charge in [-0.3, -0.25) is 0 Å². The maximum absolute atomic E-state index is 5.40. The Bertz CT molecular complexity index is 440. The molecule has 0 N–H and O–H groups in total. The van der Waals surface area contributed by atoms with Crippen molar-refractivity contribution >= 4 is 5.57 Å². The lowest BCUT2D eigenvalue weighted by Crippen LogP contribution is -2.33. The molecule has 2 nitrogen and oxygen atoms in total. The molecule has 1 aliphatic carbocycles. The molecule has 0 spiro atoms. The van der Waals surface area contributed by atoms with Crippen LogP contribution in [0.2, 0.25) is 0 Å². The van der Waals surface area contributed by atoms with Crippen molar-refractivity contribution < 1.29 is 9.47 Å². The molecule has 0 amide bonds. The molecule has 0 aliphatic heterocycles. The Hall–Kier alpha value is -1.12. The third-order valence-electron chi connectivity index (χ3n) is 3.43. The predicted molar refractivity (Wildman–Crippen MR) is 70.3 cm³/mol. The van der Waals surface area contributed by atoms with E-state index >= 15 is 0 Å². The van der Waals surface area contributed by atoms with Crippen LogP contribution < -0.4 is 0 Å². The zero-order valence-corrected chi connectivity index (χ0v) is 11.0. The standard InChI is InChI=1S/C15H20O2/c1-11-5-6-13-12(2)8-15(9-16-3,10-17-4)14(13)7-11/h5-8H,9-10H2,1-4H3. The van der Waals surface area contributed by atoms with Crippen LogP contribution in [0, 0.1) is 6.92 Å². The van der Waals surface area contributed by atoms with E-state index in [1.54, 1.807) is 14.2 Å². The van der Waals surface area contributed by atoms with Crippen molar-refractivity contribution in [3.8, 4) is 0 Å². The monoisotopic (exact) mass is 232 g/mol. The van der Waals surface area contributed by atoms with Crippen molar-refractivity contribution in [1.82, 2.24) is 0 Å². The third kappa shape index (κ3) is 2.03. The van der Waals surface area contributed by atoms with Gasteiger partial charge in [0, 0.05) is 14.2 Å². The molecule has 92 valence electrons. The van der Waals surface area contributed by atoms with Crippen LogP contribution in [-0.2, 0) is 14.9 Å². The average molecular weight is 232 g/mol. The van der Waals surface area contributed by atoms with Gasteiger partial charge in [0.2, 0.25) is 0 Å². The molecule has 0 atom stereocenters. The van der Waals surface area contributed by atoms with Gasteiger partial charge in [-0.25, -0.2) is 0 Å². The molecule has 0 aromatic heterocycles. The van der Waals surface area contributed by atoms with E-state index in [9.17, 15) is 0 Å². The molecule has 17 heavy (non-hydrogen) atoms. The van der Waals surface area contributed by atoms with Gasteiger partial charge < -0.3 is 9.47 Å². The minimum absolute atomic E-state index is 0.116. The van der Waals surface area contributed by atoms with Gasteiger partial charge in [0.05, 0.1) is 18.6 Å². The molecule has 1 aliphatic rings. The number of allylic oxidation sites excluding steroid dienone is 1. The van der Waals surface area contributed by atoms with Gasteiger partial charge in [-0.2, -0.15) is 0 Å². The van der Waals surface area contributed by atoms with Crippen LogP contribution in [0.15, 0.2) is 24.3 Å². The van der Waals surface area contributed by atoms with Crippen LogP contribution in [0.4, 0.5) is 0 Å². The largest absolute Gasteiger partial charge is 0.383 e. The van der Waals surface area contributed by atoms with Gasteiger partial charge in [-0.15, -0.1) is 0 Å². The van der Waals surface area contributed by atoms with E-state index in [1.807, 2.05) is 0 Å². The molecule has 0 heterocycles. The van der Waals surface area contributed by atoms with Crippen LogP contribution in [0.5, 0.6) is 0 Å². The molecule has 0 saturated carbocycles. The van der Waals surface area contributed by atoms with Crippen molar-refractivity contribution in [2.75, 3.05) is 27.4 Å². The lowest BCUT2D eigenvalue weighted by atomic mass is 9.83. The minimum atomic E-state index is -0.116. The Balaban J connectivity index is 2.53. The first-order chi connectivity index (χ1) is 8.13. The number of benzene rings is 1. The second kappa shape index (κ2) is 4.63. The topological polar surface area (TPSA) is 18.5 Å². The number of aryl methyl sites for hydroxylation is 1. The van der Waals surface area contributed by atoms with E-state index in [1.165, 1.54) is 22.3 Å². The molecule has 0 radical (unpaired) electrons. The SMILES string of the molecule is COCC1(COC)C=C(C)c2ccc(C)cc21. The Labute approximate surface area is 103 Å². The average Bonchev–Trinajstić information content (AvgIpc) is 2.53. The van der Waals surface area contributed by atoms with E-state index in [0.717, 1.165) is 0 Å². The Morgan fingerprint density at radius 1 is 1.06 bits per heavy atom. The maximum Gasteiger partial charge on any atom is 0.0616 e. The lowest BCUT2D eigenvalue weighted by molar-refractivity contribution is 0.0844. The molecule has 1 aromatic carbocycles. The molecule has 2 rings (SSSR count). The fourth-order valence-corrected chi connectivity index (χ4v) is 2.78. The molecule has 0 fully saturated rings. The Morgan fingerprint density at radius 2 is 1.71 bits per heavy atom. The fraction of sp³-hybridized carbons (Fsp3) is 0.467. The molecule has 2 heteroatoms. The number of rotatable bonds is 4. The first kappa shape index (κ1) is 12.3. The van der Waals surface area contributed by atoms with Crippen molar-refractivity contribution in [2.45, 2.75) is 19.3 Å². The van der Waals surface area contributed by atoms with Gasteiger partial charge in [-0.05, 0) is 30.5 Å². The van der Waals surface area contributed by atoms with Crippen LogP contribution >= 0.6 is 0 Å². The van der Waals surface area contributed by atoms with Gasteiger partial charge in [0.15, 0.2) is 0 Å². The number of ether oxygens (including phenoxy) is 2. The fourth-order valence-electron chi connectivity index (χ4n) is 2.78. The van der Waals surface area contributed by atoms with Gasteiger partial charge in [-0.1, -0.05) is 29.8 Å². The van der Waals surface area contributed by atoms with Crippen molar-refractivity contribution in [3.63, 3.8) is 0 Å². The van der Waals surface area contributed by atoms with Crippen LogP contribution in [-0.4, -0.2) is 27.4 Å². The summed E-state index contributed by atoms with van der Waals surface area (Å²) in [6.45, 7) is 5.60. The highest BCUT2D eigenvalue weighted by atomic mass is 16.5. The highest BCUT2D eigenvalue weighted by molar-refractivity contribution is 5.76. The summed E-state index contributed by atoms with van der Waals surface area (Å²) in [6, 6.07) is 6.61.